The largest absolute Gasteiger partial charge is 0.393 e. The molecule has 0 saturated carbocycles. The van der Waals surface area contributed by atoms with E-state index >= 15 is 0 Å². The summed E-state index contributed by atoms with van der Waals surface area (Å²) in [7, 11) is 0. The van der Waals surface area contributed by atoms with Crippen molar-refractivity contribution in [2.24, 2.45) is 0 Å². The van der Waals surface area contributed by atoms with E-state index < -0.39 is 0 Å². The van der Waals surface area contributed by atoms with Crippen LogP contribution >= 0.6 is 23.2 Å². The SMILES string of the molecule is CC(O)CCCNC(C)c1cc(Cl)ccc1Cl. The second kappa shape index (κ2) is 7.22. The summed E-state index contributed by atoms with van der Waals surface area (Å²) in [4.78, 5) is 0. The lowest BCUT2D eigenvalue weighted by Crippen LogP contribution is -2.21. The van der Waals surface area contributed by atoms with Crippen molar-refractivity contribution in [1.29, 1.82) is 0 Å². The van der Waals surface area contributed by atoms with Gasteiger partial charge in [-0.15, -0.1) is 0 Å². The first kappa shape index (κ1) is 14.8. The van der Waals surface area contributed by atoms with E-state index in [1.54, 1.807) is 13.0 Å². The third-order valence-corrected chi connectivity index (χ3v) is 3.25. The fraction of sp³-hybridized carbons (Fsp3) is 0.538. The van der Waals surface area contributed by atoms with Crippen LogP contribution < -0.4 is 5.32 Å². The Balaban J connectivity index is 2.46. The maximum Gasteiger partial charge on any atom is 0.0512 e. The van der Waals surface area contributed by atoms with Crippen LogP contribution in [-0.4, -0.2) is 17.8 Å². The fourth-order valence-electron chi connectivity index (χ4n) is 1.67. The highest BCUT2D eigenvalue weighted by Crippen LogP contribution is 2.26. The molecule has 0 aliphatic heterocycles. The molecule has 0 aliphatic rings. The molecule has 1 aromatic rings. The maximum absolute atomic E-state index is 9.15. The van der Waals surface area contributed by atoms with Crippen LogP contribution in [0.4, 0.5) is 0 Å². The van der Waals surface area contributed by atoms with E-state index in [0.29, 0.717) is 5.02 Å². The molecule has 2 unspecified atom stereocenters. The van der Waals surface area contributed by atoms with Gasteiger partial charge in [-0.2, -0.15) is 0 Å². The molecule has 0 radical (unpaired) electrons. The molecule has 0 heterocycles. The Bertz CT molecular complexity index is 355. The molecule has 1 aromatic carbocycles. The van der Waals surface area contributed by atoms with Crippen molar-refractivity contribution >= 4 is 23.2 Å². The smallest absolute Gasteiger partial charge is 0.0512 e. The van der Waals surface area contributed by atoms with Crippen LogP contribution in [0, 0.1) is 0 Å². The molecule has 0 saturated heterocycles. The number of hydrogen-bond donors (Lipinski definition) is 2. The summed E-state index contributed by atoms with van der Waals surface area (Å²) in [6.45, 7) is 4.71. The van der Waals surface area contributed by atoms with Crippen LogP contribution in [0.3, 0.4) is 0 Å². The molecule has 17 heavy (non-hydrogen) atoms. The summed E-state index contributed by atoms with van der Waals surface area (Å²) in [6.07, 6.45) is 1.52. The zero-order valence-corrected chi connectivity index (χ0v) is 11.7. The van der Waals surface area contributed by atoms with Crippen molar-refractivity contribution < 1.29 is 5.11 Å². The minimum absolute atomic E-state index is 0.162. The number of aliphatic hydroxyl groups excluding tert-OH is 1. The number of benzene rings is 1. The van der Waals surface area contributed by atoms with Gasteiger partial charge in [0.2, 0.25) is 0 Å². The van der Waals surface area contributed by atoms with Crippen molar-refractivity contribution in [1.82, 2.24) is 5.32 Å². The van der Waals surface area contributed by atoms with Gasteiger partial charge in [0.05, 0.1) is 6.10 Å². The lowest BCUT2D eigenvalue weighted by Gasteiger charge is -2.16. The molecular weight excluding hydrogens is 257 g/mol. The quantitative estimate of drug-likeness (QED) is 0.774. The second-order valence-electron chi connectivity index (χ2n) is 4.33. The van der Waals surface area contributed by atoms with Gasteiger partial charge in [0.25, 0.3) is 0 Å². The topological polar surface area (TPSA) is 32.3 Å². The minimum Gasteiger partial charge on any atom is -0.393 e. The maximum atomic E-state index is 9.15. The highest BCUT2D eigenvalue weighted by molar-refractivity contribution is 6.33. The molecule has 0 fully saturated rings. The molecule has 0 amide bonds. The highest BCUT2D eigenvalue weighted by Gasteiger charge is 2.09. The Labute approximate surface area is 113 Å². The summed E-state index contributed by atoms with van der Waals surface area (Å²) in [5, 5.41) is 13.9. The van der Waals surface area contributed by atoms with E-state index in [1.807, 2.05) is 12.1 Å². The second-order valence-corrected chi connectivity index (χ2v) is 5.18. The van der Waals surface area contributed by atoms with Crippen LogP contribution in [0.2, 0.25) is 10.0 Å². The van der Waals surface area contributed by atoms with Gasteiger partial charge in [-0.1, -0.05) is 23.2 Å². The van der Waals surface area contributed by atoms with Crippen molar-refractivity contribution in [3.8, 4) is 0 Å². The Kier molecular flexibility index (Phi) is 6.28. The van der Waals surface area contributed by atoms with Crippen LogP contribution in [0.5, 0.6) is 0 Å². The van der Waals surface area contributed by atoms with Gasteiger partial charge in [-0.25, -0.2) is 0 Å². The fourth-order valence-corrected chi connectivity index (χ4v) is 2.13. The van der Waals surface area contributed by atoms with Crippen molar-refractivity contribution in [2.75, 3.05) is 6.54 Å². The molecule has 0 aromatic heterocycles. The molecule has 96 valence electrons. The van der Waals surface area contributed by atoms with Gasteiger partial charge in [0.1, 0.15) is 0 Å². The molecule has 4 heteroatoms. The minimum atomic E-state index is -0.234. The van der Waals surface area contributed by atoms with Gasteiger partial charge in [-0.3, -0.25) is 0 Å². The molecule has 2 N–H and O–H groups in total. The highest BCUT2D eigenvalue weighted by atomic mass is 35.5. The lowest BCUT2D eigenvalue weighted by atomic mass is 10.1. The van der Waals surface area contributed by atoms with Gasteiger partial charge >= 0.3 is 0 Å². The van der Waals surface area contributed by atoms with Crippen molar-refractivity contribution in [3.63, 3.8) is 0 Å². The van der Waals surface area contributed by atoms with Gasteiger partial charge in [0.15, 0.2) is 0 Å². The Morgan fingerprint density at radius 3 is 2.65 bits per heavy atom. The third-order valence-electron chi connectivity index (χ3n) is 2.67. The zero-order chi connectivity index (χ0) is 12.8. The predicted octanol–water partition coefficient (Wildman–Crippen LogP) is 3.81. The van der Waals surface area contributed by atoms with E-state index in [4.69, 9.17) is 28.3 Å². The van der Waals surface area contributed by atoms with Gasteiger partial charge < -0.3 is 10.4 Å². The van der Waals surface area contributed by atoms with Crippen molar-refractivity contribution in [2.45, 2.75) is 38.8 Å². The molecule has 1 rings (SSSR count). The summed E-state index contributed by atoms with van der Waals surface area (Å²) in [5.74, 6) is 0. The first-order valence-electron chi connectivity index (χ1n) is 5.87. The van der Waals surface area contributed by atoms with Crippen LogP contribution in [-0.2, 0) is 0 Å². The van der Waals surface area contributed by atoms with Crippen LogP contribution in [0.25, 0.3) is 0 Å². The molecule has 0 spiro atoms. The summed E-state index contributed by atoms with van der Waals surface area (Å²) < 4.78 is 0. The van der Waals surface area contributed by atoms with Gasteiger partial charge in [0, 0.05) is 16.1 Å². The van der Waals surface area contributed by atoms with Crippen molar-refractivity contribution in [3.05, 3.63) is 33.8 Å². The number of rotatable bonds is 6. The van der Waals surface area contributed by atoms with Crippen LogP contribution in [0.1, 0.15) is 38.3 Å². The monoisotopic (exact) mass is 275 g/mol. The van der Waals surface area contributed by atoms with Crippen LogP contribution in [0.15, 0.2) is 18.2 Å². The number of halogens is 2. The Hall–Kier alpha value is -0.280. The average Bonchev–Trinajstić information content (AvgIpc) is 2.27. The first-order valence-corrected chi connectivity index (χ1v) is 6.62. The first-order chi connectivity index (χ1) is 8.00. The predicted molar refractivity (Wildman–Crippen MR) is 73.8 cm³/mol. The standard InChI is InChI=1S/C13H19Cl2NO/c1-9(17)4-3-7-16-10(2)12-8-11(14)5-6-13(12)15/h5-6,8-10,16-17H,3-4,7H2,1-2H3. The van der Waals surface area contributed by atoms with E-state index in [-0.39, 0.29) is 12.1 Å². The number of nitrogens with one attached hydrogen (secondary N) is 1. The summed E-state index contributed by atoms with van der Waals surface area (Å²) >= 11 is 12.1. The number of aliphatic hydroxyl groups is 1. The number of hydrogen-bond acceptors (Lipinski definition) is 2. The van der Waals surface area contributed by atoms with E-state index in [9.17, 15) is 0 Å². The molecular formula is C13H19Cl2NO. The summed E-state index contributed by atoms with van der Waals surface area (Å²) in [6, 6.07) is 5.65. The average molecular weight is 276 g/mol. The summed E-state index contributed by atoms with van der Waals surface area (Å²) in [5.41, 5.74) is 1.01. The third kappa shape index (κ3) is 5.26. The molecule has 2 nitrogen and oxygen atoms in total. The molecule has 0 aliphatic carbocycles. The lowest BCUT2D eigenvalue weighted by molar-refractivity contribution is 0.181. The van der Waals surface area contributed by atoms with E-state index in [1.165, 1.54) is 0 Å². The normalized spacial score (nSPS) is 14.6. The molecule has 2 atom stereocenters. The zero-order valence-electron chi connectivity index (χ0n) is 10.2. The Morgan fingerprint density at radius 1 is 1.29 bits per heavy atom. The van der Waals surface area contributed by atoms with E-state index in [0.717, 1.165) is 30.0 Å². The van der Waals surface area contributed by atoms with Gasteiger partial charge in [-0.05, 0) is 57.0 Å². The Morgan fingerprint density at radius 2 is 2.00 bits per heavy atom. The molecule has 0 bridgehead atoms. The van der Waals surface area contributed by atoms with E-state index in [2.05, 4.69) is 12.2 Å².